The Morgan fingerprint density at radius 3 is 2.39 bits per heavy atom. The average molecular weight is 333 g/mol. The van der Waals surface area contributed by atoms with Gasteiger partial charge in [0.05, 0.1) is 8.07 Å². The van der Waals surface area contributed by atoms with Crippen LogP contribution in [0.3, 0.4) is 0 Å². The summed E-state index contributed by atoms with van der Waals surface area (Å²) in [5.41, 5.74) is 0.961. The second-order valence-corrected chi connectivity index (χ2v) is 11.3. The molecule has 104 valence electrons. The number of rotatable bonds is 8. The highest BCUT2D eigenvalue weighted by atomic mass is 79.9. The third-order valence-electron chi connectivity index (χ3n) is 2.57. The van der Waals surface area contributed by atoms with E-state index in [4.69, 9.17) is 4.74 Å². The number of hydrogen-bond donors (Lipinski definition) is 0. The Bertz CT molecular complexity index is 316. The lowest BCUT2D eigenvalue weighted by Crippen LogP contribution is -2.26. The van der Waals surface area contributed by atoms with Gasteiger partial charge in [0.15, 0.2) is 0 Å². The number of alkyl halides is 1. The zero-order valence-corrected chi connectivity index (χ0v) is 14.6. The summed E-state index contributed by atoms with van der Waals surface area (Å²) >= 11 is 3.44. The molecule has 0 aromatic carbocycles. The van der Waals surface area contributed by atoms with Gasteiger partial charge in [0, 0.05) is 12.3 Å². The Hall–Kier alpha value is -0.353. The topological polar surface area (TPSA) is 26.3 Å². The Morgan fingerprint density at radius 2 is 1.94 bits per heavy atom. The van der Waals surface area contributed by atoms with Crippen molar-refractivity contribution in [2.75, 3.05) is 11.9 Å². The molecule has 0 N–H and O–H groups in total. The van der Waals surface area contributed by atoms with E-state index in [0.29, 0.717) is 6.61 Å². The van der Waals surface area contributed by atoms with E-state index in [1.54, 1.807) is 0 Å². The van der Waals surface area contributed by atoms with E-state index < -0.39 is 8.07 Å². The second-order valence-electron chi connectivity index (χ2n) is 5.44. The molecule has 2 nitrogen and oxygen atoms in total. The van der Waals surface area contributed by atoms with E-state index in [1.165, 1.54) is 25.0 Å². The summed E-state index contributed by atoms with van der Waals surface area (Å²) < 4.78 is 5.04. The summed E-state index contributed by atoms with van der Waals surface area (Å²) in [5.74, 6) is -0.245. The number of carbonyl (C=O) groups is 1. The molecule has 0 aliphatic rings. The lowest BCUT2D eigenvalue weighted by Gasteiger charge is -2.23. The van der Waals surface area contributed by atoms with Crippen LogP contribution in [-0.4, -0.2) is 26.0 Å². The maximum Gasteiger partial charge on any atom is 0.302 e. The van der Waals surface area contributed by atoms with Gasteiger partial charge in [-0.2, -0.15) is 0 Å². The Balaban J connectivity index is 4.58. The van der Waals surface area contributed by atoms with Crippen molar-refractivity contribution in [2.24, 2.45) is 0 Å². The first-order valence-corrected chi connectivity index (χ1v) is 11.0. The number of ether oxygens (including phenoxy) is 1. The first kappa shape index (κ1) is 17.6. The van der Waals surface area contributed by atoms with Crippen molar-refractivity contribution >= 4 is 30.0 Å². The summed E-state index contributed by atoms with van der Waals surface area (Å²) in [5, 5.41) is 2.38. The normalized spacial score (nSPS) is 12.4. The van der Waals surface area contributed by atoms with Crippen LogP contribution in [0.2, 0.25) is 19.6 Å². The fraction of sp³-hybridized carbons (Fsp3) is 0.643. The zero-order valence-electron chi connectivity index (χ0n) is 12.0. The second kappa shape index (κ2) is 8.70. The number of halogens is 1. The maximum atomic E-state index is 10.8. The SMILES string of the molecule is C=C(COC(C)=O)/C(=C/CCCCBr)[Si](C)(C)C. The van der Waals surface area contributed by atoms with Gasteiger partial charge >= 0.3 is 5.97 Å². The zero-order chi connectivity index (χ0) is 14.2. The van der Waals surface area contributed by atoms with Gasteiger partial charge in [-0.3, -0.25) is 4.79 Å². The van der Waals surface area contributed by atoms with Crippen LogP contribution in [0.4, 0.5) is 0 Å². The van der Waals surface area contributed by atoms with E-state index in [1.807, 2.05) is 0 Å². The van der Waals surface area contributed by atoms with Gasteiger partial charge in [0.1, 0.15) is 6.61 Å². The highest BCUT2D eigenvalue weighted by Crippen LogP contribution is 2.23. The third kappa shape index (κ3) is 7.87. The van der Waals surface area contributed by atoms with Gasteiger partial charge in [0.25, 0.3) is 0 Å². The maximum absolute atomic E-state index is 10.8. The van der Waals surface area contributed by atoms with Gasteiger partial charge < -0.3 is 4.74 Å². The molecule has 0 saturated heterocycles. The molecule has 0 bridgehead atoms. The highest BCUT2D eigenvalue weighted by Gasteiger charge is 2.21. The number of carbonyl (C=O) groups excluding carboxylic acids is 1. The number of allylic oxidation sites excluding steroid dienone is 1. The summed E-state index contributed by atoms with van der Waals surface area (Å²) in [7, 11) is -1.42. The Kier molecular flexibility index (Phi) is 8.53. The number of hydrogen-bond acceptors (Lipinski definition) is 2. The van der Waals surface area contributed by atoms with E-state index >= 15 is 0 Å². The lowest BCUT2D eigenvalue weighted by molar-refractivity contribution is -0.139. The van der Waals surface area contributed by atoms with Crippen molar-refractivity contribution < 1.29 is 9.53 Å². The van der Waals surface area contributed by atoms with E-state index in [2.05, 4.69) is 48.2 Å². The summed E-state index contributed by atoms with van der Waals surface area (Å²) in [6.45, 7) is 12.7. The Morgan fingerprint density at radius 1 is 1.33 bits per heavy atom. The van der Waals surface area contributed by atoms with Crippen molar-refractivity contribution in [1.29, 1.82) is 0 Å². The van der Waals surface area contributed by atoms with Crippen molar-refractivity contribution in [2.45, 2.75) is 45.8 Å². The predicted octanol–water partition coefficient (Wildman–Crippen LogP) is 4.47. The summed E-state index contributed by atoms with van der Waals surface area (Å²) in [6, 6.07) is 0. The molecule has 0 unspecified atom stereocenters. The first-order valence-electron chi connectivity index (χ1n) is 6.37. The molecule has 0 aromatic rings. The minimum absolute atomic E-state index is 0.245. The van der Waals surface area contributed by atoms with Crippen LogP contribution >= 0.6 is 15.9 Å². The quantitative estimate of drug-likeness (QED) is 0.215. The smallest absolute Gasteiger partial charge is 0.302 e. The Labute approximate surface area is 121 Å². The molecule has 0 aliphatic carbocycles. The van der Waals surface area contributed by atoms with Crippen molar-refractivity contribution in [3.8, 4) is 0 Å². The molecule has 0 aromatic heterocycles. The van der Waals surface area contributed by atoms with Gasteiger partial charge in [-0.25, -0.2) is 0 Å². The average Bonchev–Trinajstić information content (AvgIpc) is 2.24. The molecular formula is C14H25BrO2Si. The first-order chi connectivity index (χ1) is 8.29. The molecular weight excluding hydrogens is 308 g/mol. The lowest BCUT2D eigenvalue weighted by atomic mass is 10.2. The van der Waals surface area contributed by atoms with Crippen LogP contribution in [0.15, 0.2) is 23.4 Å². The summed E-state index contributed by atoms with van der Waals surface area (Å²) in [6.07, 6.45) is 5.73. The van der Waals surface area contributed by atoms with Crippen molar-refractivity contribution in [3.05, 3.63) is 23.4 Å². The van der Waals surface area contributed by atoms with Gasteiger partial charge in [-0.15, -0.1) is 0 Å². The molecule has 4 heteroatoms. The predicted molar refractivity (Wildman–Crippen MR) is 84.8 cm³/mol. The summed E-state index contributed by atoms with van der Waals surface area (Å²) in [4.78, 5) is 10.8. The molecule has 0 saturated carbocycles. The minimum atomic E-state index is -1.42. The molecule has 0 radical (unpaired) electrons. The van der Waals surface area contributed by atoms with Crippen LogP contribution in [0.5, 0.6) is 0 Å². The molecule has 0 atom stereocenters. The van der Waals surface area contributed by atoms with Gasteiger partial charge in [-0.05, 0) is 24.8 Å². The molecule has 0 fully saturated rings. The standard InChI is InChI=1S/C14H25BrO2Si/c1-12(11-17-13(2)16)14(18(3,4)5)9-7-6-8-10-15/h9H,1,6-8,10-11H2,2-5H3/b14-9-. The van der Waals surface area contributed by atoms with Crippen LogP contribution in [-0.2, 0) is 9.53 Å². The van der Waals surface area contributed by atoms with Crippen molar-refractivity contribution in [3.63, 3.8) is 0 Å². The van der Waals surface area contributed by atoms with E-state index in [0.717, 1.165) is 17.3 Å². The van der Waals surface area contributed by atoms with Gasteiger partial charge in [-0.1, -0.05) is 53.4 Å². The minimum Gasteiger partial charge on any atom is -0.461 e. The van der Waals surface area contributed by atoms with Crippen molar-refractivity contribution in [1.82, 2.24) is 0 Å². The van der Waals surface area contributed by atoms with Crippen LogP contribution in [0.25, 0.3) is 0 Å². The third-order valence-corrected chi connectivity index (χ3v) is 5.31. The molecule has 0 spiro atoms. The van der Waals surface area contributed by atoms with Crippen LogP contribution in [0.1, 0.15) is 26.2 Å². The molecule has 0 rings (SSSR count). The molecule has 0 aliphatic heterocycles. The largest absolute Gasteiger partial charge is 0.461 e. The fourth-order valence-electron chi connectivity index (χ4n) is 1.73. The number of unbranched alkanes of at least 4 members (excludes halogenated alkanes) is 2. The molecule has 18 heavy (non-hydrogen) atoms. The number of esters is 1. The molecule has 0 amide bonds. The van der Waals surface area contributed by atoms with Crippen LogP contribution < -0.4 is 0 Å². The van der Waals surface area contributed by atoms with Gasteiger partial charge in [0.2, 0.25) is 0 Å². The van der Waals surface area contributed by atoms with E-state index in [9.17, 15) is 4.79 Å². The monoisotopic (exact) mass is 332 g/mol. The highest BCUT2D eigenvalue weighted by molar-refractivity contribution is 9.09. The van der Waals surface area contributed by atoms with E-state index in [-0.39, 0.29) is 5.97 Å². The molecule has 0 heterocycles. The van der Waals surface area contributed by atoms with Crippen LogP contribution in [0, 0.1) is 0 Å². The fourth-order valence-corrected chi connectivity index (χ4v) is 4.02.